The Bertz CT molecular complexity index is 152. The van der Waals surface area contributed by atoms with Crippen LogP contribution in [-0.2, 0) is 0 Å². The van der Waals surface area contributed by atoms with Crippen LogP contribution in [0, 0.1) is 5.92 Å². The van der Waals surface area contributed by atoms with E-state index in [0.29, 0.717) is 0 Å². The molecule has 2 rings (SSSR count). The zero-order chi connectivity index (χ0) is 9.10. The zero-order valence-corrected chi connectivity index (χ0v) is 8.76. The van der Waals surface area contributed by atoms with Gasteiger partial charge in [-0.15, -0.1) is 0 Å². The van der Waals surface area contributed by atoms with Gasteiger partial charge in [0.25, 0.3) is 0 Å². The molecule has 0 aliphatic carbocycles. The third-order valence-corrected chi connectivity index (χ3v) is 3.58. The van der Waals surface area contributed by atoms with E-state index in [9.17, 15) is 0 Å². The van der Waals surface area contributed by atoms with Crippen molar-refractivity contribution in [2.45, 2.75) is 38.6 Å². The fraction of sp³-hybridized carbons (Fsp3) is 1.00. The number of hydrogen-bond acceptors (Lipinski definition) is 2. The molecule has 1 N–H and O–H groups in total. The molecule has 0 bridgehead atoms. The van der Waals surface area contributed by atoms with Gasteiger partial charge in [0.2, 0.25) is 0 Å². The van der Waals surface area contributed by atoms with E-state index >= 15 is 0 Å². The average Bonchev–Trinajstić information content (AvgIpc) is 2.54. The predicted molar refractivity (Wildman–Crippen MR) is 55.9 cm³/mol. The zero-order valence-electron chi connectivity index (χ0n) is 8.76. The van der Waals surface area contributed by atoms with Gasteiger partial charge in [0.1, 0.15) is 0 Å². The SMILES string of the molecule is CC1CCCN1C[C@H]1CCCNC1. The predicted octanol–water partition coefficient (Wildman–Crippen LogP) is 1.47. The Morgan fingerprint density at radius 2 is 2.23 bits per heavy atom. The molecule has 0 radical (unpaired) electrons. The van der Waals surface area contributed by atoms with E-state index in [1.807, 2.05) is 0 Å². The number of piperidine rings is 1. The summed E-state index contributed by atoms with van der Waals surface area (Å²) in [6.45, 7) is 7.56. The van der Waals surface area contributed by atoms with E-state index in [-0.39, 0.29) is 0 Å². The minimum Gasteiger partial charge on any atom is -0.316 e. The summed E-state index contributed by atoms with van der Waals surface area (Å²) in [6, 6.07) is 0.849. The average molecular weight is 182 g/mol. The van der Waals surface area contributed by atoms with Crippen molar-refractivity contribution in [1.82, 2.24) is 10.2 Å². The molecule has 2 heteroatoms. The molecule has 2 aliphatic rings. The molecule has 0 saturated carbocycles. The lowest BCUT2D eigenvalue weighted by Gasteiger charge is -2.29. The first-order chi connectivity index (χ1) is 6.36. The maximum absolute atomic E-state index is 3.50. The monoisotopic (exact) mass is 182 g/mol. The van der Waals surface area contributed by atoms with Gasteiger partial charge < -0.3 is 10.2 Å². The summed E-state index contributed by atoms with van der Waals surface area (Å²) in [4.78, 5) is 2.68. The molecular formula is C11H22N2. The molecule has 0 aromatic heterocycles. The topological polar surface area (TPSA) is 15.3 Å². The molecular weight excluding hydrogens is 160 g/mol. The Morgan fingerprint density at radius 1 is 1.31 bits per heavy atom. The van der Waals surface area contributed by atoms with Crippen LogP contribution in [0.5, 0.6) is 0 Å². The molecule has 2 atom stereocenters. The van der Waals surface area contributed by atoms with Crippen molar-refractivity contribution in [3.63, 3.8) is 0 Å². The molecule has 2 nitrogen and oxygen atoms in total. The van der Waals surface area contributed by atoms with Gasteiger partial charge in [-0.2, -0.15) is 0 Å². The molecule has 76 valence electrons. The second-order valence-electron chi connectivity index (χ2n) is 4.70. The van der Waals surface area contributed by atoms with Crippen LogP contribution in [0.1, 0.15) is 32.6 Å². The highest BCUT2D eigenvalue weighted by molar-refractivity contribution is 4.79. The van der Waals surface area contributed by atoms with Crippen LogP contribution in [0.4, 0.5) is 0 Å². The van der Waals surface area contributed by atoms with E-state index in [2.05, 4.69) is 17.1 Å². The molecule has 2 aliphatic heterocycles. The third kappa shape index (κ3) is 2.44. The Labute approximate surface area is 81.7 Å². The molecule has 2 saturated heterocycles. The van der Waals surface area contributed by atoms with Gasteiger partial charge >= 0.3 is 0 Å². The molecule has 2 heterocycles. The van der Waals surface area contributed by atoms with Crippen molar-refractivity contribution >= 4 is 0 Å². The first kappa shape index (κ1) is 9.47. The Hall–Kier alpha value is -0.0800. The molecule has 13 heavy (non-hydrogen) atoms. The van der Waals surface area contributed by atoms with Gasteiger partial charge in [-0.3, -0.25) is 0 Å². The van der Waals surface area contributed by atoms with Crippen LogP contribution < -0.4 is 5.32 Å². The van der Waals surface area contributed by atoms with Gasteiger partial charge in [0.15, 0.2) is 0 Å². The van der Waals surface area contributed by atoms with E-state index in [4.69, 9.17) is 0 Å². The Kier molecular flexibility index (Phi) is 3.23. The standard InChI is InChI=1S/C11H22N2/c1-10-4-3-7-13(10)9-11-5-2-6-12-8-11/h10-12H,2-9H2,1H3/t10?,11-/m0/s1. The maximum atomic E-state index is 3.50. The van der Waals surface area contributed by atoms with E-state index in [1.165, 1.54) is 51.9 Å². The fourth-order valence-corrected chi connectivity index (χ4v) is 2.68. The normalized spacial score (nSPS) is 36.7. The van der Waals surface area contributed by atoms with Crippen molar-refractivity contribution in [1.29, 1.82) is 0 Å². The Balaban J connectivity index is 1.75. The molecule has 2 fully saturated rings. The van der Waals surface area contributed by atoms with Crippen molar-refractivity contribution in [3.8, 4) is 0 Å². The van der Waals surface area contributed by atoms with Crippen LogP contribution in [0.2, 0.25) is 0 Å². The lowest BCUT2D eigenvalue weighted by Crippen LogP contribution is -2.39. The van der Waals surface area contributed by atoms with Crippen molar-refractivity contribution in [2.75, 3.05) is 26.2 Å². The second-order valence-corrected chi connectivity index (χ2v) is 4.70. The number of likely N-dealkylation sites (tertiary alicyclic amines) is 1. The number of nitrogens with zero attached hydrogens (tertiary/aromatic N) is 1. The van der Waals surface area contributed by atoms with E-state index < -0.39 is 0 Å². The van der Waals surface area contributed by atoms with Crippen LogP contribution in [0.15, 0.2) is 0 Å². The highest BCUT2D eigenvalue weighted by Gasteiger charge is 2.23. The minimum atomic E-state index is 0.849. The van der Waals surface area contributed by atoms with Gasteiger partial charge in [-0.1, -0.05) is 0 Å². The van der Waals surface area contributed by atoms with Crippen LogP contribution >= 0.6 is 0 Å². The smallest absolute Gasteiger partial charge is 0.00675 e. The fourth-order valence-electron chi connectivity index (χ4n) is 2.68. The van der Waals surface area contributed by atoms with Crippen LogP contribution in [-0.4, -0.2) is 37.1 Å². The number of nitrogens with one attached hydrogen (secondary N) is 1. The molecule has 0 spiro atoms. The van der Waals surface area contributed by atoms with Gasteiger partial charge in [-0.05, 0) is 58.2 Å². The lowest BCUT2D eigenvalue weighted by molar-refractivity contribution is 0.203. The largest absolute Gasteiger partial charge is 0.316 e. The summed E-state index contributed by atoms with van der Waals surface area (Å²) in [7, 11) is 0. The van der Waals surface area contributed by atoms with Crippen LogP contribution in [0.25, 0.3) is 0 Å². The van der Waals surface area contributed by atoms with Crippen molar-refractivity contribution < 1.29 is 0 Å². The van der Waals surface area contributed by atoms with Crippen LogP contribution in [0.3, 0.4) is 0 Å². The van der Waals surface area contributed by atoms with E-state index in [0.717, 1.165) is 12.0 Å². The molecule has 0 aromatic rings. The first-order valence-corrected chi connectivity index (χ1v) is 5.81. The summed E-state index contributed by atoms with van der Waals surface area (Å²) < 4.78 is 0. The van der Waals surface area contributed by atoms with Crippen molar-refractivity contribution in [2.24, 2.45) is 5.92 Å². The Morgan fingerprint density at radius 3 is 2.85 bits per heavy atom. The summed E-state index contributed by atoms with van der Waals surface area (Å²) in [5.74, 6) is 0.925. The minimum absolute atomic E-state index is 0.849. The van der Waals surface area contributed by atoms with Crippen molar-refractivity contribution in [3.05, 3.63) is 0 Å². The number of hydrogen-bond donors (Lipinski definition) is 1. The summed E-state index contributed by atoms with van der Waals surface area (Å²) in [5.41, 5.74) is 0. The first-order valence-electron chi connectivity index (χ1n) is 5.81. The third-order valence-electron chi connectivity index (χ3n) is 3.58. The lowest BCUT2D eigenvalue weighted by atomic mass is 9.99. The van der Waals surface area contributed by atoms with Gasteiger partial charge in [0.05, 0.1) is 0 Å². The van der Waals surface area contributed by atoms with Gasteiger partial charge in [0, 0.05) is 12.6 Å². The van der Waals surface area contributed by atoms with E-state index in [1.54, 1.807) is 0 Å². The summed E-state index contributed by atoms with van der Waals surface area (Å²) >= 11 is 0. The quantitative estimate of drug-likeness (QED) is 0.695. The molecule has 0 amide bonds. The van der Waals surface area contributed by atoms with Gasteiger partial charge in [-0.25, -0.2) is 0 Å². The highest BCUT2D eigenvalue weighted by atomic mass is 15.2. The highest BCUT2D eigenvalue weighted by Crippen LogP contribution is 2.20. The number of rotatable bonds is 2. The molecule has 1 unspecified atom stereocenters. The second kappa shape index (κ2) is 4.43. The summed E-state index contributed by atoms with van der Waals surface area (Å²) in [5, 5.41) is 3.50. The molecule has 0 aromatic carbocycles. The maximum Gasteiger partial charge on any atom is 0.00675 e. The summed E-state index contributed by atoms with van der Waals surface area (Å²) in [6.07, 6.45) is 5.66.